The van der Waals surface area contributed by atoms with Crippen LogP contribution < -0.4 is 4.74 Å². The van der Waals surface area contributed by atoms with Crippen molar-refractivity contribution in [1.82, 2.24) is 0 Å². The van der Waals surface area contributed by atoms with Crippen molar-refractivity contribution >= 4 is 40.8 Å². The predicted octanol–water partition coefficient (Wildman–Crippen LogP) is 6.10. The molecule has 0 aliphatic heterocycles. The highest BCUT2D eigenvalue weighted by Crippen LogP contribution is 2.36. The second-order valence-corrected chi connectivity index (χ2v) is 7.63. The monoisotopic (exact) mass is 430 g/mol. The van der Waals surface area contributed by atoms with E-state index in [1.165, 1.54) is 12.1 Å². The maximum Gasteiger partial charge on any atom is 0.313 e. The van der Waals surface area contributed by atoms with Gasteiger partial charge in [-0.3, -0.25) is 4.79 Å². The van der Waals surface area contributed by atoms with Crippen LogP contribution in [-0.4, -0.2) is 24.3 Å². The Kier molecular flexibility index (Phi) is 8.08. The number of phenols is 1. The SMILES string of the molecule is CC(C)C(C(=O)OCCCOc1c(Cl)cc(O)cc1Cl)c1ccc(Cl)cc1. The molecule has 4 nitrogen and oxygen atoms in total. The average molecular weight is 432 g/mol. The molecule has 1 atom stereocenters. The van der Waals surface area contributed by atoms with E-state index >= 15 is 0 Å². The number of benzene rings is 2. The Morgan fingerprint density at radius 1 is 1.04 bits per heavy atom. The minimum atomic E-state index is -0.357. The summed E-state index contributed by atoms with van der Waals surface area (Å²) in [6, 6.07) is 9.90. The Morgan fingerprint density at radius 3 is 2.19 bits per heavy atom. The van der Waals surface area contributed by atoms with Crippen LogP contribution in [0.3, 0.4) is 0 Å². The smallest absolute Gasteiger partial charge is 0.313 e. The minimum Gasteiger partial charge on any atom is -0.508 e. The average Bonchev–Trinajstić information content (AvgIpc) is 2.58. The van der Waals surface area contributed by atoms with Gasteiger partial charge in [-0.1, -0.05) is 60.8 Å². The molecule has 0 radical (unpaired) electrons. The third-order valence-electron chi connectivity index (χ3n) is 3.91. The highest BCUT2D eigenvalue weighted by molar-refractivity contribution is 6.37. The number of hydrogen-bond acceptors (Lipinski definition) is 4. The molecule has 2 rings (SSSR count). The third-order valence-corrected chi connectivity index (χ3v) is 4.73. The van der Waals surface area contributed by atoms with Gasteiger partial charge in [-0.15, -0.1) is 0 Å². The molecule has 1 unspecified atom stereocenters. The van der Waals surface area contributed by atoms with Gasteiger partial charge >= 0.3 is 5.97 Å². The van der Waals surface area contributed by atoms with Crippen LogP contribution in [0, 0.1) is 5.92 Å². The molecule has 0 spiro atoms. The molecule has 0 saturated carbocycles. The first kappa shape index (κ1) is 21.7. The number of ether oxygens (including phenoxy) is 2. The highest BCUT2D eigenvalue weighted by atomic mass is 35.5. The molecule has 0 heterocycles. The molecule has 0 fully saturated rings. The fourth-order valence-corrected chi connectivity index (χ4v) is 3.35. The summed E-state index contributed by atoms with van der Waals surface area (Å²) in [5, 5.41) is 10.5. The van der Waals surface area contributed by atoms with Crippen molar-refractivity contribution < 1.29 is 19.4 Å². The Labute approximate surface area is 174 Å². The molecule has 0 saturated heterocycles. The fraction of sp³-hybridized carbons (Fsp3) is 0.350. The molecule has 1 N–H and O–H groups in total. The van der Waals surface area contributed by atoms with Gasteiger partial charge in [0, 0.05) is 23.6 Å². The van der Waals surface area contributed by atoms with E-state index in [1.807, 2.05) is 26.0 Å². The molecular weight excluding hydrogens is 411 g/mol. The second kappa shape index (κ2) is 10.1. The number of rotatable bonds is 8. The highest BCUT2D eigenvalue weighted by Gasteiger charge is 2.25. The van der Waals surface area contributed by atoms with Crippen LogP contribution in [0.4, 0.5) is 0 Å². The summed E-state index contributed by atoms with van der Waals surface area (Å²) in [6.45, 7) is 4.42. The molecule has 7 heteroatoms. The van der Waals surface area contributed by atoms with Crippen molar-refractivity contribution in [2.45, 2.75) is 26.2 Å². The van der Waals surface area contributed by atoms with Crippen molar-refractivity contribution in [3.05, 3.63) is 57.0 Å². The van der Waals surface area contributed by atoms with E-state index in [0.717, 1.165) is 5.56 Å². The zero-order chi connectivity index (χ0) is 20.0. The first-order valence-electron chi connectivity index (χ1n) is 8.52. The van der Waals surface area contributed by atoms with E-state index in [0.29, 0.717) is 17.2 Å². The number of carbonyl (C=O) groups excluding carboxylic acids is 1. The van der Waals surface area contributed by atoms with Crippen LogP contribution >= 0.6 is 34.8 Å². The topological polar surface area (TPSA) is 55.8 Å². The largest absolute Gasteiger partial charge is 0.508 e. The molecule has 0 bridgehead atoms. The molecule has 2 aromatic carbocycles. The number of carbonyl (C=O) groups is 1. The lowest BCUT2D eigenvalue weighted by Crippen LogP contribution is -2.21. The van der Waals surface area contributed by atoms with E-state index in [2.05, 4.69) is 0 Å². The fourth-order valence-electron chi connectivity index (χ4n) is 2.64. The predicted molar refractivity (Wildman–Crippen MR) is 108 cm³/mol. The molecule has 0 aromatic heterocycles. The minimum absolute atomic E-state index is 0.0341. The Balaban J connectivity index is 1.85. The van der Waals surface area contributed by atoms with Crippen LogP contribution in [0.15, 0.2) is 36.4 Å². The van der Waals surface area contributed by atoms with Crippen LogP contribution in [0.5, 0.6) is 11.5 Å². The molecule has 0 aliphatic rings. The Bertz CT molecular complexity index is 752. The zero-order valence-corrected chi connectivity index (χ0v) is 17.3. The van der Waals surface area contributed by atoms with E-state index in [1.54, 1.807) is 12.1 Å². The second-order valence-electron chi connectivity index (χ2n) is 6.38. The molecule has 0 amide bonds. The summed E-state index contributed by atoms with van der Waals surface area (Å²) in [7, 11) is 0. The van der Waals surface area contributed by atoms with Gasteiger partial charge in [-0.25, -0.2) is 0 Å². The van der Waals surface area contributed by atoms with Crippen molar-refractivity contribution in [1.29, 1.82) is 0 Å². The van der Waals surface area contributed by atoms with Crippen molar-refractivity contribution in [2.75, 3.05) is 13.2 Å². The van der Waals surface area contributed by atoms with Crippen LogP contribution in [0.1, 0.15) is 31.7 Å². The van der Waals surface area contributed by atoms with Gasteiger partial charge in [-0.2, -0.15) is 0 Å². The first-order valence-corrected chi connectivity index (χ1v) is 9.66. The van der Waals surface area contributed by atoms with Gasteiger partial charge in [-0.05, 0) is 23.6 Å². The number of esters is 1. The molecule has 0 aliphatic carbocycles. The van der Waals surface area contributed by atoms with Crippen molar-refractivity contribution in [2.24, 2.45) is 5.92 Å². The Morgan fingerprint density at radius 2 is 1.63 bits per heavy atom. The van der Waals surface area contributed by atoms with Gasteiger partial charge in [0.1, 0.15) is 5.75 Å². The van der Waals surface area contributed by atoms with E-state index in [-0.39, 0.29) is 46.8 Å². The summed E-state index contributed by atoms with van der Waals surface area (Å²) in [5.41, 5.74) is 0.873. The maximum absolute atomic E-state index is 12.5. The molecule has 2 aromatic rings. The van der Waals surface area contributed by atoms with Crippen LogP contribution in [0.2, 0.25) is 15.1 Å². The van der Waals surface area contributed by atoms with E-state index in [4.69, 9.17) is 44.3 Å². The normalized spacial score (nSPS) is 12.1. The maximum atomic E-state index is 12.5. The number of phenolic OH excluding ortho intramolecular Hbond substituents is 1. The van der Waals surface area contributed by atoms with E-state index < -0.39 is 0 Å². The van der Waals surface area contributed by atoms with Gasteiger partial charge in [0.05, 0.1) is 29.2 Å². The molecule has 146 valence electrons. The van der Waals surface area contributed by atoms with Crippen molar-refractivity contribution in [3.8, 4) is 11.5 Å². The third kappa shape index (κ3) is 6.20. The summed E-state index contributed by atoms with van der Waals surface area (Å²) in [6.07, 6.45) is 0.477. The zero-order valence-electron chi connectivity index (χ0n) is 15.0. The lowest BCUT2D eigenvalue weighted by molar-refractivity contribution is -0.146. The Hall–Kier alpha value is -1.62. The van der Waals surface area contributed by atoms with E-state index in [9.17, 15) is 9.90 Å². The van der Waals surface area contributed by atoms with Crippen molar-refractivity contribution in [3.63, 3.8) is 0 Å². The first-order chi connectivity index (χ1) is 12.8. The summed E-state index contributed by atoms with van der Waals surface area (Å²) < 4.78 is 10.9. The van der Waals surface area contributed by atoms with Crippen LogP contribution in [-0.2, 0) is 9.53 Å². The standard InChI is InChI=1S/C20H21Cl3O4/c1-12(2)18(13-4-6-14(21)7-5-13)20(25)27-9-3-8-26-19-16(22)10-15(24)11-17(19)23/h4-7,10-12,18,24H,3,8-9H2,1-2H3. The molecular formula is C20H21Cl3O4. The van der Waals surface area contributed by atoms with Gasteiger partial charge in [0.2, 0.25) is 0 Å². The van der Waals surface area contributed by atoms with Gasteiger partial charge < -0.3 is 14.6 Å². The lowest BCUT2D eigenvalue weighted by atomic mass is 9.88. The quantitative estimate of drug-likeness (QED) is 0.405. The lowest BCUT2D eigenvalue weighted by Gasteiger charge is -2.20. The number of halogens is 3. The summed E-state index contributed by atoms with van der Waals surface area (Å²) >= 11 is 17.9. The van der Waals surface area contributed by atoms with Gasteiger partial charge in [0.25, 0.3) is 0 Å². The number of hydrogen-bond donors (Lipinski definition) is 1. The number of aromatic hydroxyl groups is 1. The van der Waals surface area contributed by atoms with Crippen LogP contribution in [0.25, 0.3) is 0 Å². The summed E-state index contributed by atoms with van der Waals surface area (Å²) in [4.78, 5) is 12.5. The van der Waals surface area contributed by atoms with Gasteiger partial charge in [0.15, 0.2) is 5.75 Å². The molecule has 27 heavy (non-hydrogen) atoms. The summed E-state index contributed by atoms with van der Waals surface area (Å²) in [5.74, 6) is -0.293.